The number of rotatable bonds is 4. The molecule has 0 radical (unpaired) electrons. The van der Waals surface area contributed by atoms with Crippen LogP contribution in [0.2, 0.25) is 0 Å². The van der Waals surface area contributed by atoms with Gasteiger partial charge >= 0.3 is 0 Å². The van der Waals surface area contributed by atoms with Crippen molar-refractivity contribution in [3.05, 3.63) is 30.2 Å². The molecule has 2 rings (SSSR count). The number of hydrogen-bond acceptors (Lipinski definition) is 5. The van der Waals surface area contributed by atoms with E-state index in [4.69, 9.17) is 0 Å². The van der Waals surface area contributed by atoms with Crippen LogP contribution in [0.5, 0.6) is 0 Å². The first-order valence-electron chi connectivity index (χ1n) is 7.26. The van der Waals surface area contributed by atoms with Crippen LogP contribution in [0.25, 0.3) is 0 Å². The molecule has 1 N–H and O–H groups in total. The Bertz CT molecular complexity index is 579. The van der Waals surface area contributed by atoms with Crippen LogP contribution < -0.4 is 5.32 Å². The molecule has 2 heterocycles. The molecular formula is C15H21N5O2. The van der Waals surface area contributed by atoms with Gasteiger partial charge in [0, 0.05) is 45.7 Å². The molecule has 1 fully saturated rings. The highest BCUT2D eigenvalue weighted by atomic mass is 16.2. The molecule has 0 aromatic carbocycles. The van der Waals surface area contributed by atoms with E-state index in [1.165, 1.54) is 0 Å². The lowest BCUT2D eigenvalue weighted by Gasteiger charge is -2.34. The van der Waals surface area contributed by atoms with E-state index in [9.17, 15) is 9.59 Å². The van der Waals surface area contributed by atoms with Crippen molar-refractivity contribution in [3.63, 3.8) is 0 Å². The Kier molecular flexibility index (Phi) is 5.08. The van der Waals surface area contributed by atoms with Gasteiger partial charge in [0.2, 0.25) is 5.91 Å². The molecular weight excluding hydrogens is 282 g/mol. The van der Waals surface area contributed by atoms with E-state index in [-0.39, 0.29) is 11.8 Å². The SMILES string of the molecule is C=CCNc1cc(C(=O)N2CCN(C(C)=O)CC2)nc(C)n1. The second kappa shape index (κ2) is 7.02. The molecule has 1 aromatic heterocycles. The third-order valence-electron chi connectivity index (χ3n) is 3.50. The molecule has 1 saturated heterocycles. The molecule has 1 aliphatic heterocycles. The fourth-order valence-corrected chi connectivity index (χ4v) is 2.33. The second-order valence-corrected chi connectivity index (χ2v) is 5.15. The minimum Gasteiger partial charge on any atom is -0.366 e. The van der Waals surface area contributed by atoms with Crippen LogP contribution >= 0.6 is 0 Å². The van der Waals surface area contributed by atoms with Crippen molar-refractivity contribution in [2.24, 2.45) is 0 Å². The first-order chi connectivity index (χ1) is 10.5. The minimum atomic E-state index is -0.129. The number of aryl methyl sites for hydroxylation is 1. The fraction of sp³-hybridized carbons (Fsp3) is 0.467. The Morgan fingerprint density at radius 1 is 1.27 bits per heavy atom. The number of piperazine rings is 1. The van der Waals surface area contributed by atoms with Crippen molar-refractivity contribution in [3.8, 4) is 0 Å². The van der Waals surface area contributed by atoms with E-state index < -0.39 is 0 Å². The summed E-state index contributed by atoms with van der Waals surface area (Å²) < 4.78 is 0. The van der Waals surface area contributed by atoms with Crippen LogP contribution in [0, 0.1) is 6.92 Å². The molecule has 7 nitrogen and oxygen atoms in total. The highest BCUT2D eigenvalue weighted by molar-refractivity contribution is 5.93. The topological polar surface area (TPSA) is 78.4 Å². The summed E-state index contributed by atoms with van der Waals surface area (Å²) in [5.41, 5.74) is 0.371. The molecule has 0 saturated carbocycles. The molecule has 1 aromatic rings. The van der Waals surface area contributed by atoms with Gasteiger partial charge in [-0.15, -0.1) is 6.58 Å². The number of amides is 2. The average Bonchev–Trinajstić information content (AvgIpc) is 2.51. The molecule has 118 valence electrons. The van der Waals surface area contributed by atoms with Crippen LogP contribution in [0.15, 0.2) is 18.7 Å². The predicted octanol–water partition coefficient (Wildman–Crippen LogP) is 0.687. The largest absolute Gasteiger partial charge is 0.366 e. The van der Waals surface area contributed by atoms with Gasteiger partial charge in [-0.05, 0) is 6.92 Å². The van der Waals surface area contributed by atoms with Gasteiger partial charge < -0.3 is 15.1 Å². The first kappa shape index (κ1) is 15.9. The molecule has 22 heavy (non-hydrogen) atoms. The standard InChI is InChI=1S/C15H21N5O2/c1-4-5-16-14-10-13(17-11(2)18-14)15(22)20-8-6-19(7-9-20)12(3)21/h4,10H,1,5-9H2,2-3H3,(H,16,17,18). The van der Waals surface area contributed by atoms with Crippen LogP contribution in [0.1, 0.15) is 23.2 Å². The van der Waals surface area contributed by atoms with Crippen molar-refractivity contribution in [1.82, 2.24) is 19.8 Å². The van der Waals surface area contributed by atoms with Gasteiger partial charge in [0.1, 0.15) is 17.3 Å². The lowest BCUT2D eigenvalue weighted by atomic mass is 10.2. The Hall–Kier alpha value is -2.44. The van der Waals surface area contributed by atoms with Crippen molar-refractivity contribution >= 4 is 17.6 Å². The van der Waals surface area contributed by atoms with Crippen LogP contribution in [-0.2, 0) is 4.79 Å². The average molecular weight is 303 g/mol. The summed E-state index contributed by atoms with van der Waals surface area (Å²) in [7, 11) is 0. The van der Waals surface area contributed by atoms with Gasteiger partial charge in [0.25, 0.3) is 5.91 Å². The van der Waals surface area contributed by atoms with Crippen molar-refractivity contribution in [1.29, 1.82) is 0 Å². The summed E-state index contributed by atoms with van der Waals surface area (Å²) in [5, 5.41) is 3.06. The maximum atomic E-state index is 12.5. The zero-order valence-electron chi connectivity index (χ0n) is 13.0. The van der Waals surface area contributed by atoms with E-state index in [2.05, 4.69) is 21.9 Å². The minimum absolute atomic E-state index is 0.0425. The molecule has 0 spiro atoms. The molecule has 0 aliphatic carbocycles. The highest BCUT2D eigenvalue weighted by Gasteiger charge is 2.24. The summed E-state index contributed by atoms with van der Waals surface area (Å²) in [4.78, 5) is 35.8. The number of aromatic nitrogens is 2. The lowest BCUT2D eigenvalue weighted by Crippen LogP contribution is -2.50. The number of carbonyl (C=O) groups is 2. The number of hydrogen-bond donors (Lipinski definition) is 1. The first-order valence-corrected chi connectivity index (χ1v) is 7.26. The number of nitrogens with zero attached hydrogens (tertiary/aromatic N) is 4. The predicted molar refractivity (Wildman–Crippen MR) is 83.6 cm³/mol. The summed E-state index contributed by atoms with van der Waals surface area (Å²) in [6.07, 6.45) is 1.72. The normalized spacial score (nSPS) is 14.6. The quantitative estimate of drug-likeness (QED) is 0.828. The Labute approximate surface area is 130 Å². The number of nitrogens with one attached hydrogen (secondary N) is 1. The molecule has 0 atom stereocenters. The summed E-state index contributed by atoms with van der Waals surface area (Å²) >= 11 is 0. The van der Waals surface area contributed by atoms with Crippen molar-refractivity contribution in [2.45, 2.75) is 13.8 Å². The van der Waals surface area contributed by atoms with Crippen LogP contribution in [-0.4, -0.2) is 64.3 Å². The maximum absolute atomic E-state index is 12.5. The van der Waals surface area contributed by atoms with Gasteiger partial charge in [-0.25, -0.2) is 9.97 Å². The maximum Gasteiger partial charge on any atom is 0.272 e. The Morgan fingerprint density at radius 3 is 2.50 bits per heavy atom. The van der Waals surface area contributed by atoms with Crippen LogP contribution in [0.3, 0.4) is 0 Å². The second-order valence-electron chi connectivity index (χ2n) is 5.15. The number of anilines is 1. The van der Waals surface area contributed by atoms with Crippen molar-refractivity contribution in [2.75, 3.05) is 38.0 Å². The third kappa shape index (κ3) is 3.81. The Balaban J connectivity index is 2.08. The molecule has 1 aliphatic rings. The summed E-state index contributed by atoms with van der Waals surface area (Å²) in [5.74, 6) is 1.06. The van der Waals surface area contributed by atoms with E-state index in [0.29, 0.717) is 50.1 Å². The Morgan fingerprint density at radius 2 is 1.91 bits per heavy atom. The summed E-state index contributed by atoms with van der Waals surface area (Å²) in [6, 6.07) is 1.65. The third-order valence-corrected chi connectivity index (χ3v) is 3.50. The van der Waals surface area contributed by atoms with E-state index >= 15 is 0 Å². The van der Waals surface area contributed by atoms with E-state index in [1.54, 1.807) is 35.8 Å². The highest BCUT2D eigenvalue weighted by Crippen LogP contribution is 2.11. The van der Waals surface area contributed by atoms with E-state index in [1.807, 2.05) is 0 Å². The van der Waals surface area contributed by atoms with Crippen LogP contribution in [0.4, 0.5) is 5.82 Å². The van der Waals surface area contributed by atoms with Gasteiger partial charge in [-0.1, -0.05) is 6.08 Å². The molecule has 0 bridgehead atoms. The monoisotopic (exact) mass is 303 g/mol. The smallest absolute Gasteiger partial charge is 0.272 e. The molecule has 7 heteroatoms. The van der Waals surface area contributed by atoms with Gasteiger partial charge in [-0.2, -0.15) is 0 Å². The van der Waals surface area contributed by atoms with E-state index in [0.717, 1.165) is 0 Å². The van der Waals surface area contributed by atoms with Gasteiger partial charge in [0.05, 0.1) is 0 Å². The van der Waals surface area contributed by atoms with Crippen molar-refractivity contribution < 1.29 is 9.59 Å². The zero-order valence-corrected chi connectivity index (χ0v) is 13.0. The fourth-order valence-electron chi connectivity index (χ4n) is 2.33. The van der Waals surface area contributed by atoms with Gasteiger partial charge in [-0.3, -0.25) is 9.59 Å². The molecule has 0 unspecified atom stereocenters. The number of carbonyl (C=O) groups excluding carboxylic acids is 2. The zero-order chi connectivity index (χ0) is 16.1. The molecule has 2 amide bonds. The summed E-state index contributed by atoms with van der Waals surface area (Å²) in [6.45, 7) is 9.68. The van der Waals surface area contributed by atoms with Gasteiger partial charge in [0.15, 0.2) is 0 Å². The lowest BCUT2D eigenvalue weighted by molar-refractivity contribution is -0.130.